The molecular weight excluding hydrogens is 304 g/mol. The number of rotatable bonds is 5. The van der Waals surface area contributed by atoms with Gasteiger partial charge >= 0.3 is 0 Å². The maximum Gasteiger partial charge on any atom is 0.193 e. The molecule has 1 N–H and O–H groups in total. The number of nitrogens with zero attached hydrogens (tertiary/aromatic N) is 3. The minimum Gasteiger partial charge on any atom is -0.496 e. The van der Waals surface area contributed by atoms with Gasteiger partial charge in [0.15, 0.2) is 5.96 Å². The Morgan fingerprint density at radius 3 is 2.67 bits per heavy atom. The van der Waals surface area contributed by atoms with E-state index in [1.165, 1.54) is 0 Å². The first-order valence-corrected chi connectivity index (χ1v) is 8.66. The topological polar surface area (TPSA) is 59.0 Å². The minimum absolute atomic E-state index is 0.384. The summed E-state index contributed by atoms with van der Waals surface area (Å²) >= 11 is 0. The van der Waals surface area contributed by atoms with Gasteiger partial charge in [-0.3, -0.25) is 9.98 Å². The summed E-state index contributed by atoms with van der Waals surface area (Å²) in [6.07, 6.45) is 4.34. The van der Waals surface area contributed by atoms with E-state index in [9.17, 15) is 0 Å². The molecule has 1 aromatic heterocycles. The fourth-order valence-corrected chi connectivity index (χ4v) is 3.21. The van der Waals surface area contributed by atoms with Gasteiger partial charge in [-0.05, 0) is 33.6 Å². The third kappa shape index (κ3) is 4.38. The van der Waals surface area contributed by atoms with Crippen LogP contribution in [0.25, 0.3) is 0 Å². The van der Waals surface area contributed by atoms with Crippen LogP contribution in [0.3, 0.4) is 0 Å². The van der Waals surface area contributed by atoms with Crippen molar-refractivity contribution in [3.05, 3.63) is 23.0 Å². The standard InChI is InChI=1S/C18H30N4O2/c1-6-24-15-7-9-22(10-8-15)18(19-4)21-12-16-14(3)17(23-5)13(2)11-20-16/h11,15H,6-10,12H2,1-5H3,(H,19,21). The van der Waals surface area contributed by atoms with E-state index in [1.54, 1.807) is 7.11 Å². The van der Waals surface area contributed by atoms with Gasteiger partial charge in [-0.15, -0.1) is 0 Å². The molecule has 2 heterocycles. The lowest BCUT2D eigenvalue weighted by molar-refractivity contribution is 0.0263. The first-order chi connectivity index (χ1) is 11.6. The van der Waals surface area contributed by atoms with Gasteiger partial charge in [-0.2, -0.15) is 0 Å². The number of hydrogen-bond acceptors (Lipinski definition) is 4. The number of nitrogens with one attached hydrogen (secondary N) is 1. The van der Waals surface area contributed by atoms with Gasteiger partial charge in [-0.25, -0.2) is 0 Å². The lowest BCUT2D eigenvalue weighted by atomic mass is 10.1. The first kappa shape index (κ1) is 18.5. The second-order valence-electron chi connectivity index (χ2n) is 6.09. The van der Waals surface area contributed by atoms with Gasteiger partial charge in [-0.1, -0.05) is 0 Å². The second kappa shape index (κ2) is 8.87. The Morgan fingerprint density at radius 1 is 1.38 bits per heavy atom. The third-order valence-corrected chi connectivity index (χ3v) is 4.52. The van der Waals surface area contributed by atoms with Crippen molar-refractivity contribution in [2.24, 2.45) is 4.99 Å². The molecule has 0 atom stereocenters. The van der Waals surface area contributed by atoms with Crippen molar-refractivity contribution in [3.8, 4) is 5.75 Å². The smallest absolute Gasteiger partial charge is 0.193 e. The van der Waals surface area contributed by atoms with Crippen molar-refractivity contribution in [1.82, 2.24) is 15.2 Å². The van der Waals surface area contributed by atoms with Crippen LogP contribution in [0.4, 0.5) is 0 Å². The van der Waals surface area contributed by atoms with Crippen molar-refractivity contribution in [2.75, 3.05) is 33.9 Å². The molecule has 6 nitrogen and oxygen atoms in total. The molecule has 1 aromatic rings. The highest BCUT2D eigenvalue weighted by molar-refractivity contribution is 5.80. The van der Waals surface area contributed by atoms with Crippen molar-refractivity contribution >= 4 is 5.96 Å². The molecule has 0 spiro atoms. The Bertz CT molecular complexity index is 566. The highest BCUT2D eigenvalue weighted by Gasteiger charge is 2.21. The van der Waals surface area contributed by atoms with Crippen LogP contribution >= 0.6 is 0 Å². The normalized spacial score (nSPS) is 16.4. The van der Waals surface area contributed by atoms with E-state index in [4.69, 9.17) is 9.47 Å². The molecule has 24 heavy (non-hydrogen) atoms. The molecule has 1 fully saturated rings. The van der Waals surface area contributed by atoms with Gasteiger partial charge < -0.3 is 19.7 Å². The Hall–Kier alpha value is -1.82. The van der Waals surface area contributed by atoms with Gasteiger partial charge in [0.05, 0.1) is 25.5 Å². The van der Waals surface area contributed by atoms with Crippen LogP contribution in [0.1, 0.15) is 36.6 Å². The SMILES string of the molecule is CCOC1CCN(C(=NC)NCc2ncc(C)c(OC)c2C)CC1. The number of piperidine rings is 1. The van der Waals surface area contributed by atoms with Crippen molar-refractivity contribution in [2.45, 2.75) is 46.3 Å². The van der Waals surface area contributed by atoms with Crippen LogP contribution in [0.5, 0.6) is 5.75 Å². The zero-order chi connectivity index (χ0) is 17.5. The third-order valence-electron chi connectivity index (χ3n) is 4.52. The summed E-state index contributed by atoms with van der Waals surface area (Å²) in [6.45, 7) is 9.47. The molecule has 134 valence electrons. The molecule has 2 rings (SSSR count). The summed E-state index contributed by atoms with van der Waals surface area (Å²) < 4.78 is 11.2. The number of methoxy groups -OCH3 is 1. The molecule has 0 unspecified atom stereocenters. The average Bonchev–Trinajstić information content (AvgIpc) is 2.59. The largest absolute Gasteiger partial charge is 0.496 e. The Morgan fingerprint density at radius 2 is 2.08 bits per heavy atom. The number of aromatic nitrogens is 1. The Balaban J connectivity index is 1.95. The number of aryl methyl sites for hydroxylation is 1. The molecule has 0 radical (unpaired) electrons. The van der Waals surface area contributed by atoms with Gasteiger partial charge in [0, 0.05) is 44.1 Å². The molecule has 1 aliphatic rings. The first-order valence-electron chi connectivity index (χ1n) is 8.66. The van der Waals surface area contributed by atoms with E-state index in [2.05, 4.69) is 27.1 Å². The fourth-order valence-electron chi connectivity index (χ4n) is 3.21. The maximum absolute atomic E-state index is 5.72. The van der Waals surface area contributed by atoms with Crippen LogP contribution in [0.15, 0.2) is 11.2 Å². The van der Waals surface area contributed by atoms with Gasteiger partial charge in [0.25, 0.3) is 0 Å². The van der Waals surface area contributed by atoms with Crippen LogP contribution in [-0.2, 0) is 11.3 Å². The predicted octanol–water partition coefficient (Wildman–Crippen LogP) is 2.28. The lowest BCUT2D eigenvalue weighted by Crippen LogP contribution is -2.46. The van der Waals surface area contributed by atoms with Crippen LogP contribution < -0.4 is 10.1 Å². The highest BCUT2D eigenvalue weighted by Crippen LogP contribution is 2.23. The lowest BCUT2D eigenvalue weighted by Gasteiger charge is -2.34. The molecule has 0 bridgehead atoms. The average molecular weight is 334 g/mol. The van der Waals surface area contributed by atoms with Crippen LogP contribution in [-0.4, -0.2) is 55.8 Å². The number of aliphatic imine (C=N–C) groups is 1. The number of pyridine rings is 1. The molecule has 1 saturated heterocycles. The Kier molecular flexibility index (Phi) is 6.85. The Labute approximate surface area is 145 Å². The number of guanidine groups is 1. The fraction of sp³-hybridized carbons (Fsp3) is 0.667. The van der Waals surface area contributed by atoms with Gasteiger partial charge in [0.2, 0.25) is 0 Å². The van der Waals surface area contributed by atoms with Gasteiger partial charge in [0.1, 0.15) is 5.75 Å². The second-order valence-corrected chi connectivity index (χ2v) is 6.09. The molecular formula is C18H30N4O2. The highest BCUT2D eigenvalue weighted by atomic mass is 16.5. The molecule has 6 heteroatoms. The molecule has 0 aromatic carbocycles. The van der Waals surface area contributed by atoms with E-state index in [-0.39, 0.29) is 0 Å². The molecule has 0 saturated carbocycles. The summed E-state index contributed by atoms with van der Waals surface area (Å²) in [7, 11) is 3.53. The molecule has 0 aliphatic carbocycles. The van der Waals surface area contributed by atoms with Crippen molar-refractivity contribution in [1.29, 1.82) is 0 Å². The van der Waals surface area contributed by atoms with E-state index in [0.717, 1.165) is 61.1 Å². The summed E-state index contributed by atoms with van der Waals surface area (Å²) in [4.78, 5) is 11.2. The minimum atomic E-state index is 0.384. The molecule has 1 aliphatic heterocycles. The summed E-state index contributed by atoms with van der Waals surface area (Å²) in [5.74, 6) is 1.83. The van der Waals surface area contributed by atoms with E-state index in [0.29, 0.717) is 12.6 Å². The van der Waals surface area contributed by atoms with Crippen LogP contribution in [0.2, 0.25) is 0 Å². The van der Waals surface area contributed by atoms with E-state index < -0.39 is 0 Å². The zero-order valence-corrected chi connectivity index (χ0v) is 15.6. The monoisotopic (exact) mass is 334 g/mol. The summed E-state index contributed by atoms with van der Waals surface area (Å²) in [5.41, 5.74) is 3.12. The quantitative estimate of drug-likeness (QED) is 0.661. The zero-order valence-electron chi connectivity index (χ0n) is 15.6. The predicted molar refractivity (Wildman–Crippen MR) is 96.7 cm³/mol. The molecule has 0 amide bonds. The number of likely N-dealkylation sites (tertiary alicyclic amines) is 1. The van der Waals surface area contributed by atoms with E-state index in [1.807, 2.05) is 27.1 Å². The van der Waals surface area contributed by atoms with Crippen molar-refractivity contribution < 1.29 is 9.47 Å². The van der Waals surface area contributed by atoms with Crippen LogP contribution in [0, 0.1) is 13.8 Å². The summed E-state index contributed by atoms with van der Waals surface area (Å²) in [6, 6.07) is 0. The van der Waals surface area contributed by atoms with Crippen molar-refractivity contribution in [3.63, 3.8) is 0 Å². The summed E-state index contributed by atoms with van der Waals surface area (Å²) in [5, 5.41) is 3.43. The maximum atomic E-state index is 5.72. The number of ether oxygens (including phenoxy) is 2. The number of hydrogen-bond donors (Lipinski definition) is 1. The van der Waals surface area contributed by atoms with E-state index >= 15 is 0 Å².